The van der Waals surface area contributed by atoms with E-state index in [1.54, 1.807) is 29.4 Å². The lowest BCUT2D eigenvalue weighted by molar-refractivity contribution is -0.133. The van der Waals surface area contributed by atoms with Crippen LogP contribution in [0.1, 0.15) is 16.7 Å². The van der Waals surface area contributed by atoms with Gasteiger partial charge in [0.2, 0.25) is 5.91 Å². The normalized spacial score (nSPS) is 12.8. The zero-order valence-corrected chi connectivity index (χ0v) is 18.7. The molecule has 0 fully saturated rings. The first-order valence-corrected chi connectivity index (χ1v) is 10.7. The largest absolute Gasteiger partial charge is 0.482 e. The summed E-state index contributed by atoms with van der Waals surface area (Å²) in [7, 11) is 0. The Morgan fingerprint density at radius 2 is 2.00 bits per heavy atom. The second-order valence-electron chi connectivity index (χ2n) is 7.42. The molecule has 1 aliphatic heterocycles. The van der Waals surface area contributed by atoms with Gasteiger partial charge in [-0.05, 0) is 47.9 Å². The second kappa shape index (κ2) is 9.31. The van der Waals surface area contributed by atoms with Crippen molar-refractivity contribution in [2.45, 2.75) is 20.0 Å². The Morgan fingerprint density at radius 3 is 2.77 bits per heavy atom. The van der Waals surface area contributed by atoms with Crippen LogP contribution in [0.5, 0.6) is 5.75 Å². The number of halogens is 1. The van der Waals surface area contributed by atoms with E-state index in [-0.39, 0.29) is 25.0 Å². The van der Waals surface area contributed by atoms with Gasteiger partial charge >= 0.3 is 0 Å². The Morgan fingerprint density at radius 1 is 1.16 bits per heavy atom. The molecule has 0 saturated heterocycles. The molecular weight excluding hydrogens is 458 g/mol. The third-order valence-corrected chi connectivity index (χ3v) is 5.72. The molecule has 2 heterocycles. The average molecular weight is 480 g/mol. The van der Waals surface area contributed by atoms with Crippen molar-refractivity contribution in [2.24, 2.45) is 0 Å². The molecule has 0 atom stereocenters. The fourth-order valence-corrected chi connectivity index (χ4v) is 3.86. The minimum atomic E-state index is -0.236. The van der Waals surface area contributed by atoms with E-state index in [1.165, 1.54) is 4.90 Å². The summed E-state index contributed by atoms with van der Waals surface area (Å²) in [5, 5.41) is 0. The van der Waals surface area contributed by atoms with Crippen molar-refractivity contribution in [3.8, 4) is 5.75 Å². The number of fused-ring (bicyclic) bond motifs is 1. The Balaban J connectivity index is 1.60. The van der Waals surface area contributed by atoms with Gasteiger partial charge in [-0.2, -0.15) is 0 Å². The van der Waals surface area contributed by atoms with E-state index in [0.29, 0.717) is 24.5 Å². The number of carbonyl (C=O) groups excluding carboxylic acids is 2. The van der Waals surface area contributed by atoms with Gasteiger partial charge in [0.15, 0.2) is 6.61 Å². The van der Waals surface area contributed by atoms with Gasteiger partial charge in [0.25, 0.3) is 5.91 Å². The Bertz CT molecular complexity index is 1100. The summed E-state index contributed by atoms with van der Waals surface area (Å²) < 4.78 is 6.39. The van der Waals surface area contributed by atoms with E-state index < -0.39 is 0 Å². The molecule has 6 nitrogen and oxygen atoms in total. The van der Waals surface area contributed by atoms with Crippen molar-refractivity contribution in [3.63, 3.8) is 0 Å². The number of pyridine rings is 1. The summed E-state index contributed by atoms with van der Waals surface area (Å²) in [5.74, 6) is 0.205. The molecule has 0 spiro atoms. The molecule has 31 heavy (non-hydrogen) atoms. The second-order valence-corrected chi connectivity index (χ2v) is 8.33. The maximum Gasteiger partial charge on any atom is 0.265 e. The van der Waals surface area contributed by atoms with Gasteiger partial charge in [0.05, 0.1) is 5.69 Å². The number of hydrogen-bond acceptors (Lipinski definition) is 4. The van der Waals surface area contributed by atoms with Crippen molar-refractivity contribution in [1.82, 2.24) is 9.88 Å². The van der Waals surface area contributed by atoms with E-state index in [1.807, 2.05) is 49.4 Å². The van der Waals surface area contributed by atoms with E-state index >= 15 is 0 Å². The quantitative estimate of drug-likeness (QED) is 0.533. The van der Waals surface area contributed by atoms with Gasteiger partial charge in [-0.3, -0.25) is 19.5 Å². The lowest BCUT2D eigenvalue weighted by atomic mass is 10.1. The van der Waals surface area contributed by atoms with Crippen LogP contribution in [0, 0.1) is 6.92 Å². The SMILES string of the molecule is Cc1ccccc1CN(Cc1cccnc1)C(=O)CN1C(=O)COc2cc(Br)ccc21. The molecule has 1 aliphatic rings. The number of rotatable bonds is 6. The van der Waals surface area contributed by atoms with Crippen LogP contribution >= 0.6 is 15.9 Å². The first kappa shape index (κ1) is 21.1. The van der Waals surface area contributed by atoms with Crippen LogP contribution in [0.15, 0.2) is 71.5 Å². The predicted octanol–water partition coefficient (Wildman–Crippen LogP) is 4.11. The van der Waals surface area contributed by atoms with Crippen LogP contribution in [0.25, 0.3) is 0 Å². The van der Waals surface area contributed by atoms with Crippen LogP contribution in [0.2, 0.25) is 0 Å². The Kier molecular flexibility index (Phi) is 6.32. The molecule has 158 valence electrons. The number of aryl methyl sites for hydroxylation is 1. The van der Waals surface area contributed by atoms with Crippen LogP contribution in [-0.2, 0) is 22.7 Å². The van der Waals surface area contributed by atoms with Crippen molar-refractivity contribution < 1.29 is 14.3 Å². The van der Waals surface area contributed by atoms with Crippen LogP contribution in [0.4, 0.5) is 5.69 Å². The molecule has 1 aromatic heterocycles. The molecule has 0 unspecified atom stereocenters. The lowest BCUT2D eigenvalue weighted by Crippen LogP contribution is -2.46. The summed E-state index contributed by atoms with van der Waals surface area (Å²) >= 11 is 3.42. The highest BCUT2D eigenvalue weighted by Gasteiger charge is 2.29. The van der Waals surface area contributed by atoms with E-state index in [0.717, 1.165) is 21.2 Å². The summed E-state index contributed by atoms with van der Waals surface area (Å²) in [4.78, 5) is 33.4. The van der Waals surface area contributed by atoms with E-state index in [4.69, 9.17) is 4.74 Å². The monoisotopic (exact) mass is 479 g/mol. The fraction of sp³-hybridized carbons (Fsp3) is 0.208. The van der Waals surface area contributed by atoms with E-state index in [2.05, 4.69) is 20.9 Å². The standard InChI is InChI=1S/C24H22BrN3O3/c1-17-5-2-3-7-19(17)14-27(13-18-6-4-10-26-12-18)23(29)15-28-21-9-8-20(25)11-22(21)31-16-24(28)30/h2-12H,13-16H2,1H3. The Hall–Kier alpha value is -3.19. The first-order chi connectivity index (χ1) is 15.0. The molecule has 4 rings (SSSR count). The highest BCUT2D eigenvalue weighted by molar-refractivity contribution is 9.10. The number of carbonyl (C=O) groups is 2. The van der Waals surface area contributed by atoms with Gasteiger partial charge in [-0.1, -0.05) is 46.3 Å². The number of aromatic nitrogens is 1. The molecule has 0 radical (unpaired) electrons. The summed E-state index contributed by atoms with van der Waals surface area (Å²) in [6, 6.07) is 17.2. The summed E-state index contributed by atoms with van der Waals surface area (Å²) in [6.45, 7) is 2.75. The first-order valence-electron chi connectivity index (χ1n) is 9.95. The molecule has 0 bridgehead atoms. The Labute approximate surface area is 189 Å². The molecule has 0 N–H and O–H groups in total. The molecule has 2 aromatic carbocycles. The van der Waals surface area contributed by atoms with Crippen LogP contribution in [0.3, 0.4) is 0 Å². The number of nitrogens with zero attached hydrogens (tertiary/aromatic N) is 3. The minimum Gasteiger partial charge on any atom is -0.482 e. The highest BCUT2D eigenvalue weighted by atomic mass is 79.9. The predicted molar refractivity (Wildman–Crippen MR) is 122 cm³/mol. The molecule has 0 saturated carbocycles. The third-order valence-electron chi connectivity index (χ3n) is 5.23. The van der Waals surface area contributed by atoms with Crippen molar-refractivity contribution in [1.29, 1.82) is 0 Å². The maximum atomic E-state index is 13.4. The van der Waals surface area contributed by atoms with Gasteiger partial charge < -0.3 is 9.64 Å². The topological polar surface area (TPSA) is 62.7 Å². The summed E-state index contributed by atoms with van der Waals surface area (Å²) in [6.07, 6.45) is 3.46. The van der Waals surface area contributed by atoms with Gasteiger partial charge in [0, 0.05) is 30.0 Å². The van der Waals surface area contributed by atoms with Gasteiger partial charge in [-0.15, -0.1) is 0 Å². The van der Waals surface area contributed by atoms with Crippen molar-refractivity contribution in [2.75, 3.05) is 18.1 Å². The van der Waals surface area contributed by atoms with Gasteiger partial charge in [0.1, 0.15) is 12.3 Å². The summed E-state index contributed by atoms with van der Waals surface area (Å²) in [5.41, 5.74) is 3.72. The molecule has 2 amide bonds. The van der Waals surface area contributed by atoms with Crippen molar-refractivity contribution >= 4 is 33.4 Å². The molecular formula is C24H22BrN3O3. The zero-order chi connectivity index (χ0) is 21.8. The number of hydrogen-bond donors (Lipinski definition) is 0. The third kappa shape index (κ3) is 4.94. The van der Waals surface area contributed by atoms with Crippen LogP contribution < -0.4 is 9.64 Å². The molecule has 0 aliphatic carbocycles. The fourth-order valence-electron chi connectivity index (χ4n) is 3.52. The van der Waals surface area contributed by atoms with E-state index in [9.17, 15) is 9.59 Å². The average Bonchev–Trinajstić information content (AvgIpc) is 2.77. The maximum absolute atomic E-state index is 13.4. The van der Waals surface area contributed by atoms with Gasteiger partial charge in [-0.25, -0.2) is 0 Å². The van der Waals surface area contributed by atoms with Crippen molar-refractivity contribution in [3.05, 3.63) is 88.2 Å². The number of benzene rings is 2. The smallest absolute Gasteiger partial charge is 0.265 e. The number of amides is 2. The lowest BCUT2D eigenvalue weighted by Gasteiger charge is -2.31. The molecule has 3 aromatic rings. The molecule has 7 heteroatoms. The highest BCUT2D eigenvalue weighted by Crippen LogP contribution is 2.34. The zero-order valence-electron chi connectivity index (χ0n) is 17.1. The number of anilines is 1. The minimum absolute atomic E-state index is 0.0526. The van der Waals surface area contributed by atoms with Crippen LogP contribution in [-0.4, -0.2) is 34.8 Å². The number of ether oxygens (including phenoxy) is 1.